The van der Waals surface area contributed by atoms with Crippen LogP contribution in [-0.2, 0) is 19.9 Å². The number of fused-ring (bicyclic) bond motifs is 4. The summed E-state index contributed by atoms with van der Waals surface area (Å²) in [6, 6.07) is 14.7. The third kappa shape index (κ3) is 2.66. The fraction of sp³-hybridized carbons (Fsp3) is 0.375. The van der Waals surface area contributed by atoms with Crippen LogP contribution in [0.3, 0.4) is 0 Å². The van der Waals surface area contributed by atoms with E-state index >= 15 is 0 Å². The number of benzene rings is 2. The van der Waals surface area contributed by atoms with Crippen LogP contribution in [0.25, 0.3) is 0 Å². The first kappa shape index (κ1) is 19.8. The molecule has 7 heteroatoms. The second-order valence-electron chi connectivity index (χ2n) is 8.45. The second kappa shape index (κ2) is 7.20. The molecule has 2 aromatic rings. The third-order valence-electron chi connectivity index (χ3n) is 7.06. The number of amides is 2. The Morgan fingerprint density at radius 2 is 1.87 bits per heavy atom. The van der Waals surface area contributed by atoms with Gasteiger partial charge in [-0.3, -0.25) is 14.5 Å². The summed E-state index contributed by atoms with van der Waals surface area (Å²) in [6.07, 6.45) is 2.61. The highest BCUT2D eigenvalue weighted by Crippen LogP contribution is 2.56. The maximum atomic E-state index is 13.7. The Kier molecular flexibility index (Phi) is 4.59. The minimum atomic E-state index is -1.00. The van der Waals surface area contributed by atoms with E-state index in [1.807, 2.05) is 24.3 Å². The number of likely N-dealkylation sites (N-methyl/N-ethyl adjacent to an activating group) is 1. The molecule has 1 N–H and O–H groups in total. The first-order valence-corrected chi connectivity index (χ1v) is 10.6. The molecule has 3 aliphatic rings. The summed E-state index contributed by atoms with van der Waals surface area (Å²) in [4.78, 5) is 43.5. The zero-order chi connectivity index (χ0) is 21.8. The average molecular weight is 419 g/mol. The van der Waals surface area contributed by atoms with E-state index in [0.29, 0.717) is 17.7 Å². The number of methoxy groups -OCH3 is 1. The quantitative estimate of drug-likeness (QED) is 0.774. The van der Waals surface area contributed by atoms with Crippen molar-refractivity contribution in [2.75, 3.05) is 30.9 Å². The van der Waals surface area contributed by atoms with Crippen LogP contribution in [0, 0.1) is 5.92 Å². The van der Waals surface area contributed by atoms with Crippen LogP contribution in [0.1, 0.15) is 35.2 Å². The number of anilines is 2. The Morgan fingerprint density at radius 3 is 2.68 bits per heavy atom. The molecule has 0 bridgehead atoms. The minimum Gasteiger partial charge on any atom is -0.465 e. The Bertz CT molecular complexity index is 1080. The maximum Gasteiger partial charge on any atom is 0.339 e. The van der Waals surface area contributed by atoms with Crippen LogP contribution in [0.5, 0.6) is 0 Å². The Hall–Kier alpha value is -3.19. The number of rotatable bonds is 3. The number of carbonyl (C=O) groups excluding carboxylic acids is 3. The first-order valence-electron chi connectivity index (χ1n) is 10.6. The minimum absolute atomic E-state index is 0.0560. The molecule has 2 aromatic carbocycles. The van der Waals surface area contributed by atoms with Crippen molar-refractivity contribution in [3.8, 4) is 0 Å². The van der Waals surface area contributed by atoms with E-state index in [4.69, 9.17) is 4.74 Å². The SMILES string of the molecule is COC(=O)c1ccccc1NC(=O)C1CC2CCCN2C12C(=O)N(C)c1ccccc12. The smallest absolute Gasteiger partial charge is 0.339 e. The maximum absolute atomic E-state index is 13.7. The summed E-state index contributed by atoms with van der Waals surface area (Å²) >= 11 is 0. The normalized spacial score (nSPS) is 26.8. The molecule has 3 heterocycles. The van der Waals surface area contributed by atoms with Crippen molar-refractivity contribution in [3.63, 3.8) is 0 Å². The molecule has 7 nitrogen and oxygen atoms in total. The van der Waals surface area contributed by atoms with Gasteiger partial charge in [-0.1, -0.05) is 30.3 Å². The van der Waals surface area contributed by atoms with Gasteiger partial charge < -0.3 is 15.0 Å². The summed E-state index contributed by atoms with van der Waals surface area (Å²) in [5.74, 6) is -1.37. The number of hydrogen-bond acceptors (Lipinski definition) is 5. The number of nitrogens with zero attached hydrogens (tertiary/aromatic N) is 2. The van der Waals surface area contributed by atoms with E-state index in [1.54, 1.807) is 36.2 Å². The molecule has 3 aliphatic heterocycles. The summed E-state index contributed by atoms with van der Waals surface area (Å²) < 4.78 is 4.86. The molecule has 2 amide bonds. The van der Waals surface area contributed by atoms with Crippen LogP contribution in [0.15, 0.2) is 48.5 Å². The highest BCUT2D eigenvalue weighted by atomic mass is 16.5. The molecule has 0 radical (unpaired) electrons. The predicted molar refractivity (Wildman–Crippen MR) is 116 cm³/mol. The van der Waals surface area contributed by atoms with Crippen LogP contribution in [-0.4, -0.2) is 49.4 Å². The number of ether oxygens (including phenoxy) is 1. The molecule has 3 atom stereocenters. The summed E-state index contributed by atoms with van der Waals surface area (Å²) in [7, 11) is 3.09. The van der Waals surface area contributed by atoms with Gasteiger partial charge in [-0.25, -0.2) is 4.79 Å². The van der Waals surface area contributed by atoms with Gasteiger partial charge in [0.2, 0.25) is 5.91 Å². The zero-order valence-electron chi connectivity index (χ0n) is 17.6. The van der Waals surface area contributed by atoms with Crippen molar-refractivity contribution in [1.82, 2.24) is 4.90 Å². The topological polar surface area (TPSA) is 79.0 Å². The Labute approximate surface area is 181 Å². The van der Waals surface area contributed by atoms with Gasteiger partial charge in [0.25, 0.3) is 5.91 Å². The van der Waals surface area contributed by atoms with Crippen molar-refractivity contribution >= 4 is 29.2 Å². The molecule has 3 unspecified atom stereocenters. The van der Waals surface area contributed by atoms with Gasteiger partial charge in [0.1, 0.15) is 5.54 Å². The van der Waals surface area contributed by atoms with Gasteiger partial charge in [0.15, 0.2) is 0 Å². The van der Waals surface area contributed by atoms with E-state index in [-0.39, 0.29) is 17.9 Å². The lowest BCUT2D eigenvalue weighted by atomic mass is 9.78. The lowest BCUT2D eigenvalue weighted by molar-refractivity contribution is -0.136. The summed E-state index contributed by atoms with van der Waals surface area (Å²) in [5, 5.41) is 2.94. The molecule has 0 saturated carbocycles. The number of esters is 1. The lowest BCUT2D eigenvalue weighted by Crippen LogP contribution is -2.55. The molecule has 31 heavy (non-hydrogen) atoms. The predicted octanol–water partition coefficient (Wildman–Crippen LogP) is 2.77. The van der Waals surface area contributed by atoms with Crippen LogP contribution < -0.4 is 10.2 Å². The highest BCUT2D eigenvalue weighted by molar-refractivity contribution is 6.12. The number of hydrogen-bond donors (Lipinski definition) is 1. The largest absolute Gasteiger partial charge is 0.465 e. The van der Waals surface area contributed by atoms with Gasteiger partial charge in [0, 0.05) is 24.3 Å². The molecule has 5 rings (SSSR count). The summed E-state index contributed by atoms with van der Waals surface area (Å²) in [5.41, 5.74) is 1.44. The molecular weight excluding hydrogens is 394 g/mol. The zero-order valence-corrected chi connectivity index (χ0v) is 17.6. The van der Waals surface area contributed by atoms with E-state index < -0.39 is 17.4 Å². The van der Waals surface area contributed by atoms with Crippen LogP contribution in [0.2, 0.25) is 0 Å². The molecule has 1 spiro atoms. The average Bonchev–Trinajstić information content (AvgIpc) is 3.44. The van der Waals surface area contributed by atoms with Crippen molar-refractivity contribution < 1.29 is 19.1 Å². The van der Waals surface area contributed by atoms with Crippen molar-refractivity contribution in [1.29, 1.82) is 0 Å². The van der Waals surface area contributed by atoms with Gasteiger partial charge in [0.05, 0.1) is 24.3 Å². The van der Waals surface area contributed by atoms with Crippen molar-refractivity contribution in [2.45, 2.75) is 30.8 Å². The molecule has 2 saturated heterocycles. The van der Waals surface area contributed by atoms with E-state index in [0.717, 1.165) is 30.6 Å². The third-order valence-corrected chi connectivity index (χ3v) is 7.06. The van der Waals surface area contributed by atoms with E-state index in [1.165, 1.54) is 7.11 Å². The van der Waals surface area contributed by atoms with Gasteiger partial charge in [-0.05, 0) is 44.0 Å². The standard InChI is InChI=1S/C24H25N3O4/c1-26-20-12-6-4-10-17(20)24(23(26)30)18(14-15-8-7-13-27(15)24)21(28)25-19-11-5-3-9-16(19)22(29)31-2/h3-6,9-12,15,18H,7-8,13-14H2,1-2H3,(H,25,28). The van der Waals surface area contributed by atoms with E-state index in [9.17, 15) is 14.4 Å². The number of nitrogens with one attached hydrogen (secondary N) is 1. The first-order chi connectivity index (χ1) is 15.0. The van der Waals surface area contributed by atoms with Crippen molar-refractivity contribution in [2.24, 2.45) is 5.92 Å². The monoisotopic (exact) mass is 419 g/mol. The van der Waals surface area contributed by atoms with Crippen LogP contribution >= 0.6 is 0 Å². The Balaban J connectivity index is 1.58. The van der Waals surface area contributed by atoms with Gasteiger partial charge in [-0.15, -0.1) is 0 Å². The Morgan fingerprint density at radius 1 is 1.13 bits per heavy atom. The lowest BCUT2D eigenvalue weighted by Gasteiger charge is -2.37. The summed E-state index contributed by atoms with van der Waals surface area (Å²) in [6.45, 7) is 0.793. The number of carbonyl (C=O) groups is 3. The fourth-order valence-electron chi connectivity index (χ4n) is 5.77. The van der Waals surface area contributed by atoms with Crippen LogP contribution in [0.4, 0.5) is 11.4 Å². The van der Waals surface area contributed by atoms with Gasteiger partial charge >= 0.3 is 5.97 Å². The molecule has 0 aromatic heterocycles. The van der Waals surface area contributed by atoms with Gasteiger partial charge in [-0.2, -0.15) is 0 Å². The highest BCUT2D eigenvalue weighted by Gasteiger charge is 2.66. The van der Waals surface area contributed by atoms with Crippen molar-refractivity contribution in [3.05, 3.63) is 59.7 Å². The fourth-order valence-corrected chi connectivity index (χ4v) is 5.77. The molecular formula is C24H25N3O4. The second-order valence-corrected chi connectivity index (χ2v) is 8.45. The molecule has 0 aliphatic carbocycles. The van der Waals surface area contributed by atoms with E-state index in [2.05, 4.69) is 10.2 Å². The number of para-hydroxylation sites is 2. The molecule has 160 valence electrons. The molecule has 2 fully saturated rings.